The average Bonchev–Trinajstić information content (AvgIpc) is 3.36. The quantitative estimate of drug-likeness (QED) is 0.341. The molecule has 0 bridgehead atoms. The van der Waals surface area contributed by atoms with Crippen LogP contribution in [0.15, 0.2) is 76.9 Å². The van der Waals surface area contributed by atoms with Gasteiger partial charge in [0.05, 0.1) is 30.5 Å². The minimum Gasteiger partial charge on any atom is -0.507 e. The number of nitrogens with zero attached hydrogens (tertiary/aromatic N) is 1. The summed E-state index contributed by atoms with van der Waals surface area (Å²) in [6.07, 6.45) is 1.39. The standard InChI is InChI=1S/C25H22FNO5/c1-15(2)32-19-6-3-5-17(13-19)23(28)21-22(16-8-10-18(26)11-9-16)27(25(30)24(21)29)14-20-7-4-12-31-20/h3-13,15,22,28H,14H2,1-2H3/b23-21-. The highest BCUT2D eigenvalue weighted by molar-refractivity contribution is 6.46. The summed E-state index contributed by atoms with van der Waals surface area (Å²) in [7, 11) is 0. The van der Waals surface area contributed by atoms with Gasteiger partial charge in [-0.25, -0.2) is 4.39 Å². The fourth-order valence-corrected chi connectivity index (χ4v) is 3.75. The summed E-state index contributed by atoms with van der Waals surface area (Å²) in [6.45, 7) is 3.77. The molecule has 0 saturated carbocycles. The van der Waals surface area contributed by atoms with Crippen LogP contribution in [0.1, 0.15) is 36.8 Å². The molecule has 1 atom stereocenters. The normalized spacial score (nSPS) is 17.9. The summed E-state index contributed by atoms with van der Waals surface area (Å²) in [6, 6.07) is 14.6. The molecule has 164 valence electrons. The van der Waals surface area contributed by atoms with Gasteiger partial charge in [0.25, 0.3) is 11.7 Å². The van der Waals surface area contributed by atoms with E-state index < -0.39 is 23.5 Å². The summed E-state index contributed by atoms with van der Waals surface area (Å²) in [5.74, 6) is -1.37. The van der Waals surface area contributed by atoms with E-state index in [4.69, 9.17) is 9.15 Å². The third kappa shape index (κ3) is 4.14. The molecular formula is C25H22FNO5. The van der Waals surface area contributed by atoms with Crippen LogP contribution in [0.2, 0.25) is 0 Å². The predicted molar refractivity (Wildman–Crippen MR) is 115 cm³/mol. The number of hydrogen-bond donors (Lipinski definition) is 1. The van der Waals surface area contributed by atoms with Crippen molar-refractivity contribution < 1.29 is 28.2 Å². The molecule has 1 saturated heterocycles. The highest BCUT2D eigenvalue weighted by Crippen LogP contribution is 2.40. The smallest absolute Gasteiger partial charge is 0.296 e. The van der Waals surface area contributed by atoms with Crippen molar-refractivity contribution in [3.8, 4) is 5.75 Å². The van der Waals surface area contributed by atoms with Crippen molar-refractivity contribution in [3.63, 3.8) is 0 Å². The number of furan rings is 1. The molecule has 2 aromatic carbocycles. The second kappa shape index (κ2) is 8.70. The second-order valence-electron chi connectivity index (χ2n) is 7.75. The maximum atomic E-state index is 13.6. The zero-order valence-corrected chi connectivity index (χ0v) is 17.6. The molecule has 32 heavy (non-hydrogen) atoms. The van der Waals surface area contributed by atoms with E-state index in [1.165, 1.54) is 35.4 Å². The molecule has 1 aromatic heterocycles. The summed E-state index contributed by atoms with van der Waals surface area (Å²) in [4.78, 5) is 27.3. The lowest BCUT2D eigenvalue weighted by Gasteiger charge is -2.24. The van der Waals surface area contributed by atoms with Gasteiger partial charge < -0.3 is 19.2 Å². The maximum Gasteiger partial charge on any atom is 0.296 e. The lowest BCUT2D eigenvalue weighted by atomic mass is 9.95. The number of carbonyl (C=O) groups is 2. The number of amides is 1. The van der Waals surface area contributed by atoms with E-state index in [0.717, 1.165) is 0 Å². The average molecular weight is 435 g/mol. The first-order chi connectivity index (χ1) is 15.3. The van der Waals surface area contributed by atoms with Crippen LogP contribution < -0.4 is 4.74 Å². The number of Topliss-reactive ketones (excluding diaryl/α,β-unsaturated/α-hetero) is 1. The van der Waals surface area contributed by atoms with Crippen LogP contribution in [0, 0.1) is 5.82 Å². The Morgan fingerprint density at radius 1 is 1.12 bits per heavy atom. The molecule has 0 radical (unpaired) electrons. The Bertz CT molecular complexity index is 1170. The summed E-state index contributed by atoms with van der Waals surface area (Å²) < 4.78 is 24.6. The topological polar surface area (TPSA) is 80.0 Å². The minimum atomic E-state index is -0.907. The van der Waals surface area contributed by atoms with Gasteiger partial charge in [0.2, 0.25) is 0 Å². The molecule has 4 rings (SSSR count). The van der Waals surface area contributed by atoms with Gasteiger partial charge in [0.15, 0.2) is 0 Å². The van der Waals surface area contributed by atoms with Gasteiger partial charge >= 0.3 is 0 Å². The molecule has 0 aliphatic carbocycles. The van der Waals surface area contributed by atoms with Crippen LogP contribution in [0.25, 0.3) is 5.76 Å². The number of aliphatic hydroxyl groups is 1. The molecule has 6 nitrogen and oxygen atoms in total. The Morgan fingerprint density at radius 3 is 2.53 bits per heavy atom. The first-order valence-corrected chi connectivity index (χ1v) is 10.2. The van der Waals surface area contributed by atoms with Crippen molar-refractivity contribution in [3.05, 3.63) is 95.2 Å². The Balaban J connectivity index is 1.83. The van der Waals surface area contributed by atoms with Crippen molar-refractivity contribution in [2.75, 3.05) is 0 Å². The number of benzene rings is 2. The number of aliphatic hydroxyl groups excluding tert-OH is 1. The largest absolute Gasteiger partial charge is 0.507 e. The van der Waals surface area contributed by atoms with Crippen molar-refractivity contribution in [2.24, 2.45) is 0 Å². The molecule has 1 unspecified atom stereocenters. The number of likely N-dealkylation sites (tertiary alicyclic amines) is 1. The second-order valence-corrected chi connectivity index (χ2v) is 7.75. The summed E-state index contributed by atoms with van der Waals surface area (Å²) in [5, 5.41) is 11.1. The van der Waals surface area contributed by atoms with E-state index in [0.29, 0.717) is 22.6 Å². The van der Waals surface area contributed by atoms with Gasteiger partial charge in [-0.15, -0.1) is 0 Å². The molecule has 7 heteroatoms. The van der Waals surface area contributed by atoms with E-state index in [1.54, 1.807) is 36.4 Å². The number of halogens is 1. The van der Waals surface area contributed by atoms with Crippen LogP contribution in [0.5, 0.6) is 5.75 Å². The van der Waals surface area contributed by atoms with Crippen LogP contribution in [-0.4, -0.2) is 27.8 Å². The first-order valence-electron chi connectivity index (χ1n) is 10.2. The number of ketones is 1. The molecule has 2 heterocycles. The van der Waals surface area contributed by atoms with E-state index in [1.807, 2.05) is 13.8 Å². The monoisotopic (exact) mass is 435 g/mol. The first kappa shape index (κ1) is 21.4. The van der Waals surface area contributed by atoms with Crippen molar-refractivity contribution in [1.82, 2.24) is 4.90 Å². The summed E-state index contributed by atoms with van der Waals surface area (Å²) >= 11 is 0. The predicted octanol–water partition coefficient (Wildman–Crippen LogP) is 4.83. The zero-order valence-electron chi connectivity index (χ0n) is 17.6. The van der Waals surface area contributed by atoms with E-state index in [-0.39, 0.29) is 24.0 Å². The van der Waals surface area contributed by atoms with Gasteiger partial charge in [-0.05, 0) is 55.8 Å². The van der Waals surface area contributed by atoms with E-state index in [9.17, 15) is 19.1 Å². The SMILES string of the molecule is CC(C)Oc1cccc(/C(O)=C2/C(=O)C(=O)N(Cc3ccco3)C2c2ccc(F)cc2)c1. The molecule has 1 amide bonds. The Labute approximate surface area is 184 Å². The molecular weight excluding hydrogens is 413 g/mol. The molecule has 1 aliphatic heterocycles. The highest BCUT2D eigenvalue weighted by atomic mass is 19.1. The zero-order chi connectivity index (χ0) is 22.8. The van der Waals surface area contributed by atoms with Crippen LogP contribution in [-0.2, 0) is 16.1 Å². The van der Waals surface area contributed by atoms with Crippen molar-refractivity contribution in [1.29, 1.82) is 0 Å². The fraction of sp³-hybridized carbons (Fsp3) is 0.200. The molecule has 1 fully saturated rings. The van der Waals surface area contributed by atoms with Crippen LogP contribution in [0.4, 0.5) is 4.39 Å². The van der Waals surface area contributed by atoms with Crippen molar-refractivity contribution >= 4 is 17.4 Å². The Kier molecular flexibility index (Phi) is 5.81. The van der Waals surface area contributed by atoms with Gasteiger partial charge in [0, 0.05) is 5.56 Å². The highest BCUT2D eigenvalue weighted by Gasteiger charge is 2.46. The summed E-state index contributed by atoms with van der Waals surface area (Å²) in [5.41, 5.74) is 0.759. The lowest BCUT2D eigenvalue weighted by Crippen LogP contribution is -2.29. The maximum absolute atomic E-state index is 13.6. The van der Waals surface area contributed by atoms with E-state index >= 15 is 0 Å². The van der Waals surface area contributed by atoms with Gasteiger partial charge in [-0.2, -0.15) is 0 Å². The lowest BCUT2D eigenvalue weighted by molar-refractivity contribution is -0.140. The molecule has 0 spiro atoms. The molecule has 1 N–H and O–H groups in total. The van der Waals surface area contributed by atoms with E-state index in [2.05, 4.69) is 0 Å². The van der Waals surface area contributed by atoms with Crippen LogP contribution >= 0.6 is 0 Å². The number of hydrogen-bond acceptors (Lipinski definition) is 5. The van der Waals surface area contributed by atoms with Gasteiger partial charge in [-0.3, -0.25) is 9.59 Å². The molecule has 1 aliphatic rings. The van der Waals surface area contributed by atoms with Crippen molar-refractivity contribution in [2.45, 2.75) is 32.5 Å². The number of carbonyl (C=O) groups excluding carboxylic acids is 2. The van der Waals surface area contributed by atoms with Crippen LogP contribution in [0.3, 0.4) is 0 Å². The minimum absolute atomic E-state index is 0.0207. The third-order valence-electron chi connectivity index (χ3n) is 5.11. The fourth-order valence-electron chi connectivity index (χ4n) is 3.75. The number of ether oxygens (including phenoxy) is 1. The third-order valence-corrected chi connectivity index (χ3v) is 5.11. The Morgan fingerprint density at radius 2 is 1.88 bits per heavy atom. The Hall–Kier alpha value is -3.87. The van der Waals surface area contributed by atoms with Gasteiger partial charge in [0.1, 0.15) is 23.1 Å². The number of rotatable bonds is 6. The van der Waals surface area contributed by atoms with Gasteiger partial charge in [-0.1, -0.05) is 24.3 Å². The molecule has 3 aromatic rings.